The van der Waals surface area contributed by atoms with Crippen molar-refractivity contribution in [3.63, 3.8) is 0 Å². The number of hydrogen-bond donors (Lipinski definition) is 0. The van der Waals surface area contributed by atoms with E-state index in [1.165, 1.54) is 5.56 Å². The number of para-hydroxylation sites is 1. The van der Waals surface area contributed by atoms with Gasteiger partial charge in [-0.15, -0.1) is 0 Å². The van der Waals surface area contributed by atoms with Gasteiger partial charge in [-0.2, -0.15) is 0 Å². The van der Waals surface area contributed by atoms with Crippen LogP contribution in [-0.4, -0.2) is 24.8 Å². The fraction of sp³-hybridized carbons (Fsp3) is 0.333. The minimum Gasteiger partial charge on any atom is -0.494 e. The Morgan fingerprint density at radius 3 is 2.56 bits per heavy atom. The van der Waals surface area contributed by atoms with Gasteiger partial charge in [-0.25, -0.2) is 0 Å². The van der Waals surface area contributed by atoms with E-state index in [1.807, 2.05) is 30.0 Å². The van der Waals surface area contributed by atoms with Gasteiger partial charge < -0.3 is 9.64 Å². The van der Waals surface area contributed by atoms with Gasteiger partial charge >= 0.3 is 0 Å². The second-order valence-corrected chi connectivity index (χ2v) is 6.16. The quantitative estimate of drug-likeness (QED) is 0.748. The summed E-state index contributed by atoms with van der Waals surface area (Å²) < 4.78 is 5.38. The number of carbonyl (C=O) groups excluding carboxylic acids is 2. The van der Waals surface area contributed by atoms with Gasteiger partial charge in [-0.1, -0.05) is 18.2 Å². The van der Waals surface area contributed by atoms with Crippen LogP contribution < -0.4 is 9.64 Å². The molecule has 3 rings (SSSR count). The summed E-state index contributed by atoms with van der Waals surface area (Å²) in [5.74, 6) is 0.758. The predicted octanol–water partition coefficient (Wildman–Crippen LogP) is 4.03. The maximum absolute atomic E-state index is 12.6. The molecule has 1 heterocycles. The number of nitrogens with zero attached hydrogens (tertiary/aromatic N) is 1. The third kappa shape index (κ3) is 4.08. The van der Waals surface area contributed by atoms with E-state index >= 15 is 0 Å². The Balaban J connectivity index is 1.60. The van der Waals surface area contributed by atoms with E-state index < -0.39 is 0 Å². The van der Waals surface area contributed by atoms with Crippen LogP contribution in [0.2, 0.25) is 0 Å². The summed E-state index contributed by atoms with van der Waals surface area (Å²) in [5.41, 5.74) is 2.82. The number of anilines is 1. The van der Waals surface area contributed by atoms with Gasteiger partial charge in [-0.3, -0.25) is 9.59 Å². The molecule has 1 aliphatic rings. The molecule has 130 valence electrons. The first-order valence-corrected chi connectivity index (χ1v) is 8.83. The average Bonchev–Trinajstić information content (AvgIpc) is 2.66. The minimum atomic E-state index is -0.0123. The van der Waals surface area contributed by atoms with Crippen molar-refractivity contribution >= 4 is 17.4 Å². The van der Waals surface area contributed by atoms with Gasteiger partial charge in [-0.05, 0) is 55.7 Å². The Kier molecular flexibility index (Phi) is 5.49. The monoisotopic (exact) mass is 337 g/mol. The maximum Gasteiger partial charge on any atom is 0.227 e. The van der Waals surface area contributed by atoms with E-state index in [-0.39, 0.29) is 24.5 Å². The molecule has 0 aliphatic carbocycles. The minimum absolute atomic E-state index is 0.0123. The van der Waals surface area contributed by atoms with Crippen LogP contribution in [-0.2, 0) is 11.2 Å². The number of hydrogen-bond acceptors (Lipinski definition) is 3. The van der Waals surface area contributed by atoms with Crippen molar-refractivity contribution in [1.82, 2.24) is 0 Å². The molecule has 1 aliphatic heterocycles. The number of ketones is 1. The van der Waals surface area contributed by atoms with Crippen LogP contribution in [0, 0.1) is 0 Å². The molecule has 0 aromatic heterocycles. The normalized spacial score (nSPS) is 13.2. The van der Waals surface area contributed by atoms with Crippen LogP contribution in [0.4, 0.5) is 5.69 Å². The lowest BCUT2D eigenvalue weighted by Gasteiger charge is -2.29. The van der Waals surface area contributed by atoms with Crippen LogP contribution >= 0.6 is 0 Å². The molecule has 0 radical (unpaired) electrons. The number of Topliss-reactive ketones (excluding diaryl/α,β-unsaturated/α-hetero) is 1. The highest BCUT2D eigenvalue weighted by Gasteiger charge is 2.22. The SMILES string of the molecule is CCOc1ccc(C(=O)CCC(=O)N2CCCc3ccccc32)cc1. The Hall–Kier alpha value is -2.62. The zero-order valence-electron chi connectivity index (χ0n) is 14.5. The van der Waals surface area contributed by atoms with Crippen molar-refractivity contribution in [3.05, 3.63) is 59.7 Å². The van der Waals surface area contributed by atoms with Crippen LogP contribution in [0.1, 0.15) is 42.1 Å². The molecule has 1 amide bonds. The fourth-order valence-electron chi connectivity index (χ4n) is 3.20. The first-order chi connectivity index (χ1) is 12.2. The molecule has 0 bridgehead atoms. The topological polar surface area (TPSA) is 46.6 Å². The van der Waals surface area contributed by atoms with Crippen molar-refractivity contribution in [2.75, 3.05) is 18.1 Å². The Bertz CT molecular complexity index is 752. The predicted molar refractivity (Wildman–Crippen MR) is 98.3 cm³/mol. The number of carbonyl (C=O) groups is 2. The summed E-state index contributed by atoms with van der Waals surface area (Å²) >= 11 is 0. The third-order valence-electron chi connectivity index (χ3n) is 4.46. The first kappa shape index (κ1) is 17.2. The summed E-state index contributed by atoms with van der Waals surface area (Å²) in [6.07, 6.45) is 2.44. The van der Waals surface area contributed by atoms with Crippen molar-refractivity contribution in [3.8, 4) is 5.75 Å². The molecular weight excluding hydrogens is 314 g/mol. The molecule has 0 saturated carbocycles. The Labute approximate surface area is 148 Å². The summed E-state index contributed by atoms with van der Waals surface area (Å²) in [5, 5.41) is 0. The number of aryl methyl sites for hydroxylation is 1. The maximum atomic E-state index is 12.6. The Morgan fingerprint density at radius 2 is 1.80 bits per heavy atom. The Morgan fingerprint density at radius 1 is 1.04 bits per heavy atom. The number of ether oxygens (including phenoxy) is 1. The summed E-state index contributed by atoms with van der Waals surface area (Å²) in [4.78, 5) is 26.7. The van der Waals surface area contributed by atoms with Gasteiger partial charge in [0, 0.05) is 30.6 Å². The molecule has 25 heavy (non-hydrogen) atoms. The molecule has 2 aromatic carbocycles. The highest BCUT2D eigenvalue weighted by atomic mass is 16.5. The lowest BCUT2D eigenvalue weighted by atomic mass is 10.0. The molecule has 0 fully saturated rings. The molecule has 4 nitrogen and oxygen atoms in total. The average molecular weight is 337 g/mol. The van der Waals surface area contributed by atoms with Crippen molar-refractivity contribution in [2.24, 2.45) is 0 Å². The van der Waals surface area contributed by atoms with Gasteiger partial charge in [0.2, 0.25) is 5.91 Å². The van der Waals surface area contributed by atoms with Crippen LogP contribution in [0.3, 0.4) is 0 Å². The van der Waals surface area contributed by atoms with E-state index in [0.29, 0.717) is 12.2 Å². The molecule has 0 atom stereocenters. The van der Waals surface area contributed by atoms with Crippen LogP contribution in [0.5, 0.6) is 5.75 Å². The lowest BCUT2D eigenvalue weighted by Crippen LogP contribution is -2.35. The molecule has 0 saturated heterocycles. The van der Waals surface area contributed by atoms with Gasteiger partial charge in [0.1, 0.15) is 5.75 Å². The molecule has 0 N–H and O–H groups in total. The van der Waals surface area contributed by atoms with Crippen molar-refractivity contribution < 1.29 is 14.3 Å². The lowest BCUT2D eigenvalue weighted by molar-refractivity contribution is -0.118. The van der Waals surface area contributed by atoms with Crippen LogP contribution in [0.25, 0.3) is 0 Å². The molecular formula is C21H23NO3. The standard InChI is InChI=1S/C21H23NO3/c1-2-25-18-11-9-17(10-12-18)20(23)13-14-21(24)22-15-5-7-16-6-3-4-8-19(16)22/h3-4,6,8-12H,2,5,7,13-15H2,1H3. The third-order valence-corrected chi connectivity index (χ3v) is 4.46. The summed E-state index contributed by atoms with van der Waals surface area (Å²) in [6, 6.07) is 15.1. The highest BCUT2D eigenvalue weighted by molar-refractivity contribution is 6.01. The molecule has 0 unspecified atom stereocenters. The van der Waals surface area contributed by atoms with E-state index in [9.17, 15) is 9.59 Å². The first-order valence-electron chi connectivity index (χ1n) is 8.83. The van der Waals surface area contributed by atoms with E-state index in [0.717, 1.165) is 30.8 Å². The highest BCUT2D eigenvalue weighted by Crippen LogP contribution is 2.27. The van der Waals surface area contributed by atoms with Crippen LogP contribution in [0.15, 0.2) is 48.5 Å². The van der Waals surface area contributed by atoms with Gasteiger partial charge in [0.15, 0.2) is 5.78 Å². The van der Waals surface area contributed by atoms with E-state index in [4.69, 9.17) is 4.74 Å². The smallest absolute Gasteiger partial charge is 0.227 e. The largest absolute Gasteiger partial charge is 0.494 e. The van der Waals surface area contributed by atoms with Crippen molar-refractivity contribution in [2.45, 2.75) is 32.6 Å². The second kappa shape index (κ2) is 7.97. The molecule has 0 spiro atoms. The van der Waals surface area contributed by atoms with E-state index in [2.05, 4.69) is 6.07 Å². The van der Waals surface area contributed by atoms with Gasteiger partial charge in [0.05, 0.1) is 6.61 Å². The fourth-order valence-corrected chi connectivity index (χ4v) is 3.20. The van der Waals surface area contributed by atoms with Crippen molar-refractivity contribution in [1.29, 1.82) is 0 Å². The zero-order valence-corrected chi connectivity index (χ0v) is 14.5. The van der Waals surface area contributed by atoms with Gasteiger partial charge in [0.25, 0.3) is 0 Å². The summed E-state index contributed by atoms with van der Waals surface area (Å²) in [6.45, 7) is 3.25. The molecule has 4 heteroatoms. The second-order valence-electron chi connectivity index (χ2n) is 6.16. The number of benzene rings is 2. The summed E-state index contributed by atoms with van der Waals surface area (Å²) in [7, 11) is 0. The number of rotatable bonds is 6. The number of amides is 1. The molecule has 2 aromatic rings. The number of fused-ring (bicyclic) bond motifs is 1. The zero-order chi connectivity index (χ0) is 17.6. The van der Waals surface area contributed by atoms with E-state index in [1.54, 1.807) is 24.3 Å².